The Hall–Kier alpha value is -2.49. The van der Waals surface area contributed by atoms with Crippen LogP contribution in [0.5, 0.6) is 0 Å². The van der Waals surface area contributed by atoms with Gasteiger partial charge in [-0.05, 0) is 24.6 Å². The SMILES string of the molecule is C#CCNC(=O)c1cc(N2CCCC2=O)cc(C(F)(F)F)c1. The predicted molar refractivity (Wildman–Crippen MR) is 74.2 cm³/mol. The van der Waals surface area contributed by atoms with Crippen LogP contribution in [0, 0.1) is 12.3 Å². The molecule has 7 heteroatoms. The molecule has 1 heterocycles. The highest BCUT2D eigenvalue weighted by Gasteiger charge is 2.33. The molecular weight excluding hydrogens is 297 g/mol. The number of alkyl halides is 3. The van der Waals surface area contributed by atoms with Crippen LogP contribution >= 0.6 is 0 Å². The monoisotopic (exact) mass is 310 g/mol. The number of terminal acetylenes is 1. The van der Waals surface area contributed by atoms with Crippen molar-refractivity contribution in [1.82, 2.24) is 5.32 Å². The minimum Gasteiger partial charge on any atom is -0.341 e. The smallest absolute Gasteiger partial charge is 0.341 e. The highest BCUT2D eigenvalue weighted by atomic mass is 19.4. The molecule has 2 rings (SSSR count). The lowest BCUT2D eigenvalue weighted by Gasteiger charge is -2.19. The number of anilines is 1. The first kappa shape index (κ1) is 15.9. The van der Waals surface area contributed by atoms with Crippen molar-refractivity contribution in [2.24, 2.45) is 0 Å². The molecular formula is C15H13F3N2O2. The highest BCUT2D eigenvalue weighted by Crippen LogP contribution is 2.34. The molecule has 1 N–H and O–H groups in total. The Balaban J connectivity index is 2.43. The third-order valence-corrected chi connectivity index (χ3v) is 3.24. The van der Waals surface area contributed by atoms with Gasteiger partial charge in [0.05, 0.1) is 12.1 Å². The molecule has 0 spiro atoms. The van der Waals surface area contributed by atoms with E-state index in [0.29, 0.717) is 13.0 Å². The van der Waals surface area contributed by atoms with Crippen LogP contribution in [0.15, 0.2) is 18.2 Å². The Morgan fingerprint density at radius 1 is 1.36 bits per heavy atom. The van der Waals surface area contributed by atoms with E-state index in [2.05, 4.69) is 11.2 Å². The molecule has 0 aliphatic carbocycles. The fourth-order valence-corrected chi connectivity index (χ4v) is 2.22. The number of carbonyl (C=O) groups excluding carboxylic acids is 2. The standard InChI is InChI=1S/C15H13F3N2O2/c1-2-5-19-14(22)10-7-11(15(16,17)18)9-12(8-10)20-6-3-4-13(20)21/h1,7-9H,3-6H2,(H,19,22). The second kappa shape index (κ2) is 6.10. The lowest BCUT2D eigenvalue weighted by Crippen LogP contribution is -2.27. The summed E-state index contributed by atoms with van der Waals surface area (Å²) < 4.78 is 38.9. The summed E-state index contributed by atoms with van der Waals surface area (Å²) in [5, 5.41) is 2.31. The van der Waals surface area contributed by atoms with E-state index in [4.69, 9.17) is 6.42 Å². The first-order valence-corrected chi connectivity index (χ1v) is 6.57. The minimum absolute atomic E-state index is 0.0724. The molecule has 1 aromatic carbocycles. The lowest BCUT2D eigenvalue weighted by atomic mass is 10.1. The number of hydrogen-bond donors (Lipinski definition) is 1. The normalized spacial score (nSPS) is 14.8. The molecule has 4 nitrogen and oxygen atoms in total. The molecule has 116 valence electrons. The van der Waals surface area contributed by atoms with E-state index >= 15 is 0 Å². The van der Waals surface area contributed by atoms with Crippen LogP contribution in [-0.2, 0) is 11.0 Å². The van der Waals surface area contributed by atoms with Gasteiger partial charge in [0, 0.05) is 24.2 Å². The summed E-state index contributed by atoms with van der Waals surface area (Å²) in [4.78, 5) is 24.8. The van der Waals surface area contributed by atoms with E-state index in [9.17, 15) is 22.8 Å². The summed E-state index contributed by atoms with van der Waals surface area (Å²) in [6, 6.07) is 2.89. The van der Waals surface area contributed by atoms with Crippen molar-refractivity contribution in [2.75, 3.05) is 18.0 Å². The van der Waals surface area contributed by atoms with Gasteiger partial charge >= 0.3 is 6.18 Å². The molecule has 1 aliphatic heterocycles. The minimum atomic E-state index is -4.61. The zero-order valence-electron chi connectivity index (χ0n) is 11.5. The summed E-state index contributed by atoms with van der Waals surface area (Å²) in [5.41, 5.74) is -1.08. The van der Waals surface area contributed by atoms with Crippen LogP contribution in [0.2, 0.25) is 0 Å². The number of nitrogens with zero attached hydrogens (tertiary/aromatic N) is 1. The van der Waals surface area contributed by atoms with Crippen LogP contribution in [0.3, 0.4) is 0 Å². The summed E-state index contributed by atoms with van der Waals surface area (Å²) in [6.07, 6.45) is 1.26. The van der Waals surface area contributed by atoms with Crippen LogP contribution < -0.4 is 10.2 Å². The highest BCUT2D eigenvalue weighted by molar-refractivity contribution is 5.99. The van der Waals surface area contributed by atoms with Crippen molar-refractivity contribution >= 4 is 17.5 Å². The molecule has 1 fully saturated rings. The Morgan fingerprint density at radius 3 is 2.64 bits per heavy atom. The maximum Gasteiger partial charge on any atom is 0.416 e. The fraction of sp³-hybridized carbons (Fsp3) is 0.333. The maximum atomic E-state index is 13.0. The van der Waals surface area contributed by atoms with Crippen LogP contribution in [0.4, 0.5) is 18.9 Å². The third-order valence-electron chi connectivity index (χ3n) is 3.24. The van der Waals surface area contributed by atoms with E-state index in [1.54, 1.807) is 0 Å². The topological polar surface area (TPSA) is 49.4 Å². The molecule has 2 amide bonds. The van der Waals surface area contributed by atoms with Crippen LogP contribution in [0.25, 0.3) is 0 Å². The number of benzene rings is 1. The predicted octanol–water partition coefficient (Wildman–Crippen LogP) is 2.20. The van der Waals surface area contributed by atoms with Gasteiger partial charge in [-0.1, -0.05) is 5.92 Å². The zero-order chi connectivity index (χ0) is 16.3. The van der Waals surface area contributed by atoms with Crippen molar-refractivity contribution in [3.8, 4) is 12.3 Å². The molecule has 1 aliphatic rings. The van der Waals surface area contributed by atoms with Crippen LogP contribution in [0.1, 0.15) is 28.8 Å². The number of rotatable bonds is 3. The zero-order valence-corrected chi connectivity index (χ0v) is 11.5. The van der Waals surface area contributed by atoms with Crippen LogP contribution in [-0.4, -0.2) is 24.9 Å². The Labute approximate surface area is 125 Å². The van der Waals surface area contributed by atoms with Crippen molar-refractivity contribution in [1.29, 1.82) is 0 Å². The van der Waals surface area contributed by atoms with Gasteiger partial charge in [0.25, 0.3) is 5.91 Å². The van der Waals surface area contributed by atoms with Gasteiger partial charge in [-0.25, -0.2) is 0 Å². The summed E-state index contributed by atoms with van der Waals surface area (Å²) in [7, 11) is 0. The molecule has 0 bridgehead atoms. The Bertz CT molecular complexity index is 647. The molecule has 0 atom stereocenters. The second-order valence-corrected chi connectivity index (χ2v) is 4.80. The Morgan fingerprint density at radius 2 is 2.09 bits per heavy atom. The fourth-order valence-electron chi connectivity index (χ4n) is 2.22. The molecule has 1 aromatic rings. The van der Waals surface area contributed by atoms with E-state index < -0.39 is 17.6 Å². The van der Waals surface area contributed by atoms with E-state index in [0.717, 1.165) is 12.1 Å². The number of halogens is 3. The van der Waals surface area contributed by atoms with Gasteiger partial charge in [0.15, 0.2) is 0 Å². The largest absolute Gasteiger partial charge is 0.416 e. The average Bonchev–Trinajstić information content (AvgIpc) is 2.89. The quantitative estimate of drug-likeness (QED) is 0.870. The van der Waals surface area contributed by atoms with Crippen molar-refractivity contribution < 1.29 is 22.8 Å². The van der Waals surface area contributed by atoms with E-state index in [1.165, 1.54) is 11.0 Å². The van der Waals surface area contributed by atoms with Crippen molar-refractivity contribution in [3.63, 3.8) is 0 Å². The summed E-state index contributed by atoms with van der Waals surface area (Å²) in [5.74, 6) is 1.20. The summed E-state index contributed by atoms with van der Waals surface area (Å²) >= 11 is 0. The number of hydrogen-bond acceptors (Lipinski definition) is 2. The van der Waals surface area contributed by atoms with Gasteiger partial charge in [-0.15, -0.1) is 6.42 Å². The first-order chi connectivity index (χ1) is 10.3. The summed E-state index contributed by atoms with van der Waals surface area (Å²) in [6.45, 7) is 0.249. The third kappa shape index (κ3) is 3.39. The van der Waals surface area contributed by atoms with Gasteiger partial charge < -0.3 is 10.2 Å². The van der Waals surface area contributed by atoms with Gasteiger partial charge in [-0.2, -0.15) is 13.2 Å². The molecule has 0 unspecified atom stereocenters. The molecule has 0 aromatic heterocycles. The lowest BCUT2D eigenvalue weighted by molar-refractivity contribution is -0.137. The van der Waals surface area contributed by atoms with Crippen molar-refractivity contribution in [3.05, 3.63) is 29.3 Å². The van der Waals surface area contributed by atoms with E-state index in [1.807, 2.05) is 0 Å². The molecule has 0 radical (unpaired) electrons. The van der Waals surface area contributed by atoms with Gasteiger partial charge in [0.1, 0.15) is 0 Å². The number of carbonyl (C=O) groups is 2. The second-order valence-electron chi connectivity index (χ2n) is 4.80. The number of amides is 2. The number of nitrogens with one attached hydrogen (secondary N) is 1. The Kier molecular flexibility index (Phi) is 4.40. The average molecular weight is 310 g/mol. The molecule has 22 heavy (non-hydrogen) atoms. The van der Waals surface area contributed by atoms with Gasteiger partial charge in [-0.3, -0.25) is 9.59 Å². The van der Waals surface area contributed by atoms with E-state index in [-0.39, 0.29) is 30.1 Å². The maximum absolute atomic E-state index is 13.0. The molecule has 1 saturated heterocycles. The van der Waals surface area contributed by atoms with Gasteiger partial charge in [0.2, 0.25) is 5.91 Å². The molecule has 0 saturated carbocycles. The first-order valence-electron chi connectivity index (χ1n) is 6.57. The van der Waals surface area contributed by atoms with Crippen molar-refractivity contribution in [2.45, 2.75) is 19.0 Å².